The largest absolute Gasteiger partial charge is 0.508 e. The van der Waals surface area contributed by atoms with Crippen LogP contribution in [0.15, 0.2) is 12.1 Å². The summed E-state index contributed by atoms with van der Waals surface area (Å²) < 4.78 is 1.15. The Morgan fingerprint density at radius 2 is 1.90 bits per heavy atom. The highest BCUT2D eigenvalue weighted by atomic mass is 127. The van der Waals surface area contributed by atoms with Crippen molar-refractivity contribution in [2.45, 2.75) is 13.8 Å². The first kappa shape index (κ1) is 7.85. The van der Waals surface area contributed by atoms with E-state index in [-0.39, 0.29) is 0 Å². The third kappa shape index (κ3) is 1.26. The second kappa shape index (κ2) is 2.78. The summed E-state index contributed by atoms with van der Waals surface area (Å²) in [6.07, 6.45) is 0. The van der Waals surface area contributed by atoms with Gasteiger partial charge < -0.3 is 5.11 Å². The van der Waals surface area contributed by atoms with E-state index in [1.807, 2.05) is 19.9 Å². The minimum Gasteiger partial charge on any atom is -0.508 e. The summed E-state index contributed by atoms with van der Waals surface area (Å²) in [4.78, 5) is 0. The molecule has 0 spiro atoms. The Labute approximate surface area is 74.2 Å². The van der Waals surface area contributed by atoms with Gasteiger partial charge in [-0.1, -0.05) is 6.07 Å². The molecule has 1 rings (SSSR count). The predicted molar refractivity (Wildman–Crippen MR) is 50.3 cm³/mol. The van der Waals surface area contributed by atoms with E-state index in [4.69, 9.17) is 0 Å². The van der Waals surface area contributed by atoms with Gasteiger partial charge in [0.2, 0.25) is 0 Å². The van der Waals surface area contributed by atoms with Crippen molar-refractivity contribution < 1.29 is 5.11 Å². The molecule has 0 radical (unpaired) electrons. The minimum absolute atomic E-state index is 0.384. The minimum atomic E-state index is 0.384. The van der Waals surface area contributed by atoms with E-state index in [0.29, 0.717) is 5.75 Å². The quantitative estimate of drug-likeness (QED) is 0.699. The van der Waals surface area contributed by atoms with Gasteiger partial charge in [-0.15, -0.1) is 0 Å². The third-order valence-electron chi connectivity index (χ3n) is 1.55. The highest BCUT2D eigenvalue weighted by molar-refractivity contribution is 14.1. The van der Waals surface area contributed by atoms with Crippen LogP contribution in [0.25, 0.3) is 0 Å². The van der Waals surface area contributed by atoms with Crippen LogP contribution in [0.3, 0.4) is 0 Å². The van der Waals surface area contributed by atoms with E-state index in [1.165, 1.54) is 5.56 Å². The zero-order valence-electron chi connectivity index (χ0n) is 5.98. The van der Waals surface area contributed by atoms with Gasteiger partial charge in [0.1, 0.15) is 5.75 Å². The fourth-order valence-electron chi connectivity index (χ4n) is 0.810. The maximum Gasteiger partial charge on any atom is 0.119 e. The Morgan fingerprint density at radius 3 is 2.40 bits per heavy atom. The lowest BCUT2D eigenvalue weighted by atomic mass is 10.1. The molecule has 54 valence electrons. The van der Waals surface area contributed by atoms with Gasteiger partial charge in [0.15, 0.2) is 0 Å². The first-order valence-corrected chi connectivity index (χ1v) is 4.15. The lowest BCUT2D eigenvalue weighted by Gasteiger charge is -2.03. The number of halogens is 1. The second-order valence-electron chi connectivity index (χ2n) is 2.34. The molecule has 0 aliphatic heterocycles. The Bertz CT molecular complexity index is 229. The average molecular weight is 248 g/mol. The number of phenols is 1. The van der Waals surface area contributed by atoms with Crippen molar-refractivity contribution in [3.05, 3.63) is 26.8 Å². The van der Waals surface area contributed by atoms with Crippen molar-refractivity contribution >= 4 is 22.6 Å². The molecule has 0 amide bonds. The third-order valence-corrected chi connectivity index (χ3v) is 3.21. The number of rotatable bonds is 0. The van der Waals surface area contributed by atoms with Crippen molar-refractivity contribution in [2.75, 3.05) is 0 Å². The van der Waals surface area contributed by atoms with Crippen molar-refractivity contribution in [1.29, 1.82) is 0 Å². The molecule has 10 heavy (non-hydrogen) atoms. The molecule has 0 saturated carbocycles. The number of hydrogen-bond donors (Lipinski definition) is 1. The molecule has 0 fully saturated rings. The SMILES string of the molecule is Cc1ccc(O)c(C)c1I. The molecule has 2 heteroatoms. The lowest BCUT2D eigenvalue weighted by molar-refractivity contribution is 0.470. The summed E-state index contributed by atoms with van der Waals surface area (Å²) in [6.45, 7) is 3.96. The van der Waals surface area contributed by atoms with Crippen LogP contribution >= 0.6 is 22.6 Å². The highest BCUT2D eigenvalue weighted by Gasteiger charge is 2.01. The number of hydrogen-bond acceptors (Lipinski definition) is 1. The first-order valence-electron chi connectivity index (χ1n) is 3.07. The zero-order valence-corrected chi connectivity index (χ0v) is 8.14. The van der Waals surface area contributed by atoms with Crippen LogP contribution in [-0.2, 0) is 0 Å². The van der Waals surface area contributed by atoms with E-state index < -0.39 is 0 Å². The van der Waals surface area contributed by atoms with Crippen molar-refractivity contribution in [3.8, 4) is 5.75 Å². The number of phenolic OH excluding ortho intramolecular Hbond substituents is 1. The molecule has 0 saturated heterocycles. The molecule has 1 nitrogen and oxygen atoms in total. The van der Waals surface area contributed by atoms with Gasteiger partial charge in [-0.3, -0.25) is 0 Å². The van der Waals surface area contributed by atoms with E-state index in [9.17, 15) is 5.11 Å². The average Bonchev–Trinajstić information content (AvgIpc) is 1.93. The van der Waals surface area contributed by atoms with Gasteiger partial charge in [0, 0.05) is 9.13 Å². The molecule has 0 bridgehead atoms. The van der Waals surface area contributed by atoms with Crippen molar-refractivity contribution in [2.24, 2.45) is 0 Å². The summed E-state index contributed by atoms with van der Waals surface area (Å²) in [5, 5.41) is 9.22. The Kier molecular flexibility index (Phi) is 2.18. The van der Waals surface area contributed by atoms with Crippen LogP contribution in [0, 0.1) is 17.4 Å². The second-order valence-corrected chi connectivity index (χ2v) is 3.42. The van der Waals surface area contributed by atoms with Gasteiger partial charge in [-0.2, -0.15) is 0 Å². The Balaban J connectivity index is 3.34. The summed E-state index contributed by atoms with van der Waals surface area (Å²) >= 11 is 2.23. The van der Waals surface area contributed by atoms with Crippen LogP contribution in [0.1, 0.15) is 11.1 Å². The van der Waals surface area contributed by atoms with Gasteiger partial charge in [-0.05, 0) is 48.1 Å². The molecule has 0 unspecified atom stereocenters. The highest BCUT2D eigenvalue weighted by Crippen LogP contribution is 2.23. The summed E-state index contributed by atoms with van der Waals surface area (Å²) in [5.74, 6) is 0.384. The fourth-order valence-corrected chi connectivity index (χ4v) is 1.27. The van der Waals surface area contributed by atoms with Gasteiger partial charge in [0.05, 0.1) is 0 Å². The van der Waals surface area contributed by atoms with Gasteiger partial charge in [-0.25, -0.2) is 0 Å². The fraction of sp³-hybridized carbons (Fsp3) is 0.250. The molecule has 1 aromatic rings. The standard InChI is InChI=1S/C8H9IO/c1-5-3-4-7(10)6(2)8(5)9/h3-4,10H,1-2H3. The Morgan fingerprint density at radius 1 is 1.30 bits per heavy atom. The van der Waals surface area contributed by atoms with E-state index in [2.05, 4.69) is 22.6 Å². The maximum absolute atomic E-state index is 9.22. The molecule has 0 aromatic heterocycles. The summed E-state index contributed by atoms with van der Waals surface area (Å²) in [6, 6.07) is 3.65. The van der Waals surface area contributed by atoms with Gasteiger partial charge in [0.25, 0.3) is 0 Å². The summed E-state index contributed by atoms with van der Waals surface area (Å²) in [5.41, 5.74) is 2.19. The Hall–Kier alpha value is -0.250. The van der Waals surface area contributed by atoms with E-state index in [0.717, 1.165) is 9.13 Å². The molecular weight excluding hydrogens is 239 g/mol. The molecule has 0 atom stereocenters. The number of aryl methyl sites for hydroxylation is 1. The van der Waals surface area contributed by atoms with Gasteiger partial charge >= 0.3 is 0 Å². The summed E-state index contributed by atoms with van der Waals surface area (Å²) in [7, 11) is 0. The normalized spacial score (nSPS) is 9.90. The molecule has 0 aliphatic carbocycles. The molecule has 0 aliphatic rings. The van der Waals surface area contributed by atoms with E-state index >= 15 is 0 Å². The maximum atomic E-state index is 9.22. The van der Waals surface area contributed by atoms with Crippen LogP contribution < -0.4 is 0 Å². The molecule has 1 N–H and O–H groups in total. The first-order chi connectivity index (χ1) is 4.63. The van der Waals surface area contributed by atoms with Crippen molar-refractivity contribution in [1.82, 2.24) is 0 Å². The topological polar surface area (TPSA) is 20.2 Å². The van der Waals surface area contributed by atoms with Crippen LogP contribution in [0.2, 0.25) is 0 Å². The zero-order chi connectivity index (χ0) is 7.72. The molecule has 0 heterocycles. The number of aromatic hydroxyl groups is 1. The predicted octanol–water partition coefficient (Wildman–Crippen LogP) is 2.61. The van der Waals surface area contributed by atoms with Crippen molar-refractivity contribution in [3.63, 3.8) is 0 Å². The monoisotopic (exact) mass is 248 g/mol. The van der Waals surface area contributed by atoms with Crippen LogP contribution in [-0.4, -0.2) is 5.11 Å². The molecular formula is C8H9IO. The molecule has 1 aromatic carbocycles. The lowest BCUT2D eigenvalue weighted by Crippen LogP contribution is -1.84. The van der Waals surface area contributed by atoms with Crippen LogP contribution in [0.4, 0.5) is 0 Å². The van der Waals surface area contributed by atoms with E-state index in [1.54, 1.807) is 6.07 Å². The number of benzene rings is 1. The van der Waals surface area contributed by atoms with Crippen LogP contribution in [0.5, 0.6) is 5.75 Å². The smallest absolute Gasteiger partial charge is 0.119 e.